The second kappa shape index (κ2) is 5.36. The number of aliphatic hydroxyl groups excluding tert-OH is 1. The SMILES string of the molecule is Nc1cc(N2CCCC(CO)C2)ccc1S(N)(=O)=O. The Labute approximate surface area is 113 Å². The summed E-state index contributed by atoms with van der Waals surface area (Å²) in [6.07, 6.45) is 2.01. The molecular formula is C12H19N3O3S. The van der Waals surface area contributed by atoms with Crippen molar-refractivity contribution in [2.24, 2.45) is 11.1 Å². The molecular weight excluding hydrogens is 266 g/mol. The van der Waals surface area contributed by atoms with Gasteiger partial charge >= 0.3 is 0 Å². The molecule has 1 aromatic carbocycles. The Morgan fingerprint density at radius 2 is 2.16 bits per heavy atom. The molecule has 106 valence electrons. The third-order valence-electron chi connectivity index (χ3n) is 3.44. The van der Waals surface area contributed by atoms with Gasteiger partial charge in [-0.2, -0.15) is 0 Å². The van der Waals surface area contributed by atoms with Gasteiger partial charge in [-0.05, 0) is 37.0 Å². The molecule has 1 atom stereocenters. The van der Waals surface area contributed by atoms with E-state index in [0.717, 1.165) is 31.6 Å². The maximum Gasteiger partial charge on any atom is 0.240 e. The summed E-state index contributed by atoms with van der Waals surface area (Å²) in [6, 6.07) is 4.76. The van der Waals surface area contributed by atoms with E-state index in [1.807, 2.05) is 0 Å². The molecule has 1 aliphatic rings. The zero-order valence-corrected chi connectivity index (χ0v) is 11.4. The van der Waals surface area contributed by atoms with Crippen molar-refractivity contribution in [1.82, 2.24) is 0 Å². The highest BCUT2D eigenvalue weighted by molar-refractivity contribution is 7.89. The number of aliphatic hydroxyl groups is 1. The molecule has 0 saturated carbocycles. The van der Waals surface area contributed by atoms with E-state index in [1.54, 1.807) is 12.1 Å². The van der Waals surface area contributed by atoms with Gasteiger partial charge in [-0.15, -0.1) is 0 Å². The van der Waals surface area contributed by atoms with Crippen molar-refractivity contribution in [1.29, 1.82) is 0 Å². The lowest BCUT2D eigenvalue weighted by Gasteiger charge is -2.33. The van der Waals surface area contributed by atoms with E-state index in [4.69, 9.17) is 10.9 Å². The summed E-state index contributed by atoms with van der Waals surface area (Å²) in [6.45, 7) is 1.80. The van der Waals surface area contributed by atoms with Crippen LogP contribution in [-0.4, -0.2) is 33.2 Å². The highest BCUT2D eigenvalue weighted by Gasteiger charge is 2.21. The average molecular weight is 285 g/mol. The molecule has 5 N–H and O–H groups in total. The first-order valence-electron chi connectivity index (χ1n) is 6.20. The molecule has 0 radical (unpaired) electrons. The summed E-state index contributed by atoms with van der Waals surface area (Å²) in [7, 11) is -3.78. The Kier molecular flexibility index (Phi) is 3.98. The molecule has 19 heavy (non-hydrogen) atoms. The van der Waals surface area contributed by atoms with Crippen LogP contribution in [0.4, 0.5) is 11.4 Å². The first kappa shape index (κ1) is 14.1. The predicted octanol–water partition coefficient (Wildman–Crippen LogP) is 0.125. The number of nitrogens with two attached hydrogens (primary N) is 2. The molecule has 1 unspecified atom stereocenters. The minimum atomic E-state index is -3.78. The number of benzene rings is 1. The molecule has 1 aromatic rings. The number of hydrogen-bond acceptors (Lipinski definition) is 5. The molecule has 1 heterocycles. The fourth-order valence-corrected chi connectivity index (χ4v) is 3.09. The van der Waals surface area contributed by atoms with Crippen molar-refractivity contribution in [2.75, 3.05) is 30.3 Å². The van der Waals surface area contributed by atoms with E-state index in [9.17, 15) is 13.5 Å². The second-order valence-corrected chi connectivity index (χ2v) is 6.43. The molecule has 2 rings (SSSR count). The van der Waals surface area contributed by atoms with E-state index in [0.29, 0.717) is 0 Å². The lowest BCUT2D eigenvalue weighted by atomic mass is 9.98. The number of nitrogen functional groups attached to an aromatic ring is 1. The quantitative estimate of drug-likeness (QED) is 0.684. The normalized spacial score (nSPS) is 20.5. The van der Waals surface area contributed by atoms with Crippen molar-refractivity contribution in [3.05, 3.63) is 18.2 Å². The first-order valence-corrected chi connectivity index (χ1v) is 7.74. The zero-order valence-electron chi connectivity index (χ0n) is 10.6. The second-order valence-electron chi connectivity index (χ2n) is 4.90. The monoisotopic (exact) mass is 285 g/mol. The largest absolute Gasteiger partial charge is 0.398 e. The van der Waals surface area contributed by atoms with Gasteiger partial charge in [0.25, 0.3) is 0 Å². The number of nitrogens with zero attached hydrogens (tertiary/aromatic N) is 1. The van der Waals surface area contributed by atoms with E-state index in [1.165, 1.54) is 6.07 Å². The molecule has 7 heteroatoms. The summed E-state index contributed by atoms with van der Waals surface area (Å²) in [5, 5.41) is 14.3. The van der Waals surface area contributed by atoms with Crippen molar-refractivity contribution >= 4 is 21.4 Å². The Hall–Kier alpha value is -1.31. The summed E-state index contributed by atoms with van der Waals surface area (Å²) in [5.74, 6) is 0.257. The summed E-state index contributed by atoms with van der Waals surface area (Å²) >= 11 is 0. The van der Waals surface area contributed by atoms with Crippen LogP contribution in [-0.2, 0) is 10.0 Å². The van der Waals surface area contributed by atoms with Crippen LogP contribution < -0.4 is 15.8 Å². The molecule has 0 amide bonds. The molecule has 0 aliphatic carbocycles. The lowest BCUT2D eigenvalue weighted by Crippen LogP contribution is -2.36. The maximum atomic E-state index is 11.3. The molecule has 1 fully saturated rings. The Morgan fingerprint density at radius 3 is 2.74 bits per heavy atom. The van der Waals surface area contributed by atoms with Crippen molar-refractivity contribution in [2.45, 2.75) is 17.7 Å². The fraction of sp³-hybridized carbons (Fsp3) is 0.500. The average Bonchev–Trinajstić information content (AvgIpc) is 2.37. The van der Waals surface area contributed by atoms with Gasteiger partial charge in [-0.3, -0.25) is 0 Å². The standard InChI is InChI=1S/C12H19N3O3S/c13-11-6-10(3-4-12(11)19(14,17)18)15-5-1-2-9(7-15)8-16/h3-4,6,9,16H,1-2,5,7-8,13H2,(H2,14,17,18). The van der Waals surface area contributed by atoms with E-state index < -0.39 is 10.0 Å². The number of rotatable bonds is 3. The van der Waals surface area contributed by atoms with Crippen LogP contribution >= 0.6 is 0 Å². The van der Waals surface area contributed by atoms with Crippen LogP contribution in [0.3, 0.4) is 0 Å². The van der Waals surface area contributed by atoms with Gasteiger partial charge in [0, 0.05) is 25.4 Å². The van der Waals surface area contributed by atoms with Crippen molar-refractivity contribution in [3.8, 4) is 0 Å². The number of piperidine rings is 1. The van der Waals surface area contributed by atoms with Crippen LogP contribution in [0.5, 0.6) is 0 Å². The minimum absolute atomic E-state index is 0.0491. The fourth-order valence-electron chi connectivity index (χ4n) is 2.44. The minimum Gasteiger partial charge on any atom is -0.398 e. The first-order chi connectivity index (χ1) is 8.91. The number of hydrogen-bond donors (Lipinski definition) is 3. The van der Waals surface area contributed by atoms with Gasteiger partial charge in [0.05, 0.1) is 5.69 Å². The van der Waals surface area contributed by atoms with E-state index in [-0.39, 0.29) is 23.1 Å². The summed E-state index contributed by atoms with van der Waals surface area (Å²) < 4.78 is 22.6. The molecule has 1 aliphatic heterocycles. The zero-order chi connectivity index (χ0) is 14.0. The lowest BCUT2D eigenvalue weighted by molar-refractivity contribution is 0.209. The van der Waals surface area contributed by atoms with Crippen LogP contribution in [0.15, 0.2) is 23.1 Å². The predicted molar refractivity (Wildman–Crippen MR) is 74.3 cm³/mol. The van der Waals surface area contributed by atoms with Crippen molar-refractivity contribution in [3.63, 3.8) is 0 Å². The number of sulfonamides is 1. The Balaban J connectivity index is 2.25. The highest BCUT2D eigenvalue weighted by Crippen LogP contribution is 2.27. The van der Waals surface area contributed by atoms with Gasteiger partial charge in [0.1, 0.15) is 4.90 Å². The van der Waals surface area contributed by atoms with Gasteiger partial charge in [0.15, 0.2) is 0 Å². The Bertz CT molecular complexity index is 559. The van der Waals surface area contributed by atoms with Gasteiger partial charge < -0.3 is 15.7 Å². The van der Waals surface area contributed by atoms with Crippen molar-refractivity contribution < 1.29 is 13.5 Å². The highest BCUT2D eigenvalue weighted by atomic mass is 32.2. The molecule has 1 saturated heterocycles. The molecule has 6 nitrogen and oxygen atoms in total. The Morgan fingerprint density at radius 1 is 1.42 bits per heavy atom. The third-order valence-corrected chi connectivity index (χ3v) is 4.43. The van der Waals surface area contributed by atoms with E-state index >= 15 is 0 Å². The smallest absolute Gasteiger partial charge is 0.240 e. The third kappa shape index (κ3) is 3.17. The van der Waals surface area contributed by atoms with Gasteiger partial charge in [0.2, 0.25) is 10.0 Å². The number of primary sulfonamides is 1. The summed E-state index contributed by atoms with van der Waals surface area (Å²) in [4.78, 5) is 2.06. The maximum absolute atomic E-state index is 11.3. The van der Waals surface area contributed by atoms with E-state index in [2.05, 4.69) is 4.90 Å². The van der Waals surface area contributed by atoms with Crippen LogP contribution in [0, 0.1) is 5.92 Å². The van der Waals surface area contributed by atoms with Crippen LogP contribution in [0.2, 0.25) is 0 Å². The van der Waals surface area contributed by atoms with Gasteiger partial charge in [-0.25, -0.2) is 13.6 Å². The molecule has 0 aromatic heterocycles. The molecule has 0 bridgehead atoms. The number of anilines is 2. The molecule has 0 spiro atoms. The van der Waals surface area contributed by atoms with Gasteiger partial charge in [-0.1, -0.05) is 0 Å². The summed E-state index contributed by atoms with van der Waals surface area (Å²) in [5.41, 5.74) is 6.77. The topological polar surface area (TPSA) is 110 Å². The van der Waals surface area contributed by atoms with Crippen LogP contribution in [0.25, 0.3) is 0 Å². The van der Waals surface area contributed by atoms with Crippen LogP contribution in [0.1, 0.15) is 12.8 Å².